The molecule has 1 fully saturated rings. The van der Waals surface area contributed by atoms with Crippen molar-refractivity contribution >= 4 is 11.6 Å². The van der Waals surface area contributed by atoms with Gasteiger partial charge >= 0.3 is 0 Å². The average molecular weight is 310 g/mol. The SMILES string of the molecule is CCCNc1ccc(CNC(=O)C2CCC(F)(F)CC2)cc1. The van der Waals surface area contributed by atoms with E-state index in [9.17, 15) is 13.6 Å². The Bertz CT molecular complexity index is 478. The highest BCUT2D eigenvalue weighted by Crippen LogP contribution is 2.36. The van der Waals surface area contributed by atoms with Crippen molar-refractivity contribution in [2.75, 3.05) is 11.9 Å². The van der Waals surface area contributed by atoms with Crippen LogP contribution in [-0.2, 0) is 11.3 Å². The molecular weight excluding hydrogens is 286 g/mol. The maximum atomic E-state index is 13.1. The van der Waals surface area contributed by atoms with Crippen molar-refractivity contribution in [1.82, 2.24) is 5.32 Å². The van der Waals surface area contributed by atoms with Crippen molar-refractivity contribution in [3.63, 3.8) is 0 Å². The fourth-order valence-corrected chi connectivity index (χ4v) is 2.65. The summed E-state index contributed by atoms with van der Waals surface area (Å²) in [5, 5.41) is 6.14. The first-order valence-electron chi connectivity index (χ1n) is 7.98. The Morgan fingerprint density at radius 2 is 1.86 bits per heavy atom. The number of hydrogen-bond acceptors (Lipinski definition) is 2. The number of carbonyl (C=O) groups excluding carboxylic acids is 1. The van der Waals surface area contributed by atoms with E-state index in [0.717, 1.165) is 24.2 Å². The minimum atomic E-state index is -2.59. The molecule has 0 unspecified atom stereocenters. The number of carbonyl (C=O) groups is 1. The molecule has 1 aromatic rings. The minimum Gasteiger partial charge on any atom is -0.385 e. The van der Waals surface area contributed by atoms with Crippen LogP contribution in [0.25, 0.3) is 0 Å². The zero-order valence-corrected chi connectivity index (χ0v) is 13.0. The maximum Gasteiger partial charge on any atom is 0.248 e. The number of amides is 1. The van der Waals surface area contributed by atoms with Gasteiger partial charge in [-0.1, -0.05) is 19.1 Å². The van der Waals surface area contributed by atoms with Gasteiger partial charge in [0, 0.05) is 37.5 Å². The first kappa shape index (κ1) is 16.7. The molecule has 1 aromatic carbocycles. The van der Waals surface area contributed by atoms with E-state index < -0.39 is 5.92 Å². The van der Waals surface area contributed by atoms with Gasteiger partial charge in [-0.2, -0.15) is 0 Å². The van der Waals surface area contributed by atoms with Crippen LogP contribution in [0.1, 0.15) is 44.6 Å². The van der Waals surface area contributed by atoms with Gasteiger partial charge in [-0.3, -0.25) is 4.79 Å². The van der Waals surface area contributed by atoms with Gasteiger partial charge in [0.2, 0.25) is 11.8 Å². The Morgan fingerprint density at radius 1 is 1.23 bits per heavy atom. The molecule has 0 spiro atoms. The van der Waals surface area contributed by atoms with E-state index in [2.05, 4.69) is 17.6 Å². The maximum absolute atomic E-state index is 13.1. The number of halogens is 2. The molecule has 0 saturated heterocycles. The van der Waals surface area contributed by atoms with E-state index in [-0.39, 0.29) is 37.5 Å². The average Bonchev–Trinajstić information content (AvgIpc) is 2.51. The molecule has 1 saturated carbocycles. The second-order valence-corrected chi connectivity index (χ2v) is 5.97. The fourth-order valence-electron chi connectivity index (χ4n) is 2.65. The van der Waals surface area contributed by atoms with Gasteiger partial charge < -0.3 is 10.6 Å². The second kappa shape index (κ2) is 7.56. The monoisotopic (exact) mass is 310 g/mol. The van der Waals surface area contributed by atoms with Crippen LogP contribution < -0.4 is 10.6 Å². The lowest BCUT2D eigenvalue weighted by atomic mass is 9.86. The van der Waals surface area contributed by atoms with Gasteiger partial charge in [0.15, 0.2) is 0 Å². The molecular formula is C17H24F2N2O. The lowest BCUT2D eigenvalue weighted by Crippen LogP contribution is -2.35. The van der Waals surface area contributed by atoms with Gasteiger partial charge in [0.05, 0.1) is 0 Å². The highest BCUT2D eigenvalue weighted by molar-refractivity contribution is 5.78. The number of nitrogens with one attached hydrogen (secondary N) is 2. The summed E-state index contributed by atoms with van der Waals surface area (Å²) in [5.74, 6) is -2.97. The first-order chi connectivity index (χ1) is 10.5. The van der Waals surface area contributed by atoms with Crippen molar-refractivity contribution in [3.8, 4) is 0 Å². The number of alkyl halides is 2. The van der Waals surface area contributed by atoms with Crippen molar-refractivity contribution in [3.05, 3.63) is 29.8 Å². The summed E-state index contributed by atoms with van der Waals surface area (Å²) in [4.78, 5) is 12.0. The molecule has 0 aromatic heterocycles. The van der Waals surface area contributed by atoms with E-state index >= 15 is 0 Å². The third-order valence-corrected chi connectivity index (χ3v) is 4.09. The van der Waals surface area contributed by atoms with E-state index in [4.69, 9.17) is 0 Å². The van der Waals surface area contributed by atoms with Gasteiger partial charge in [0.25, 0.3) is 0 Å². The molecule has 1 aliphatic carbocycles. The summed E-state index contributed by atoms with van der Waals surface area (Å²) >= 11 is 0. The van der Waals surface area contributed by atoms with Crippen LogP contribution in [-0.4, -0.2) is 18.4 Å². The summed E-state index contributed by atoms with van der Waals surface area (Å²) in [5.41, 5.74) is 2.07. The van der Waals surface area contributed by atoms with Crippen LogP contribution in [0.2, 0.25) is 0 Å². The zero-order valence-electron chi connectivity index (χ0n) is 13.0. The molecule has 3 nitrogen and oxygen atoms in total. The highest BCUT2D eigenvalue weighted by atomic mass is 19.3. The first-order valence-corrected chi connectivity index (χ1v) is 7.98. The molecule has 2 N–H and O–H groups in total. The van der Waals surface area contributed by atoms with Gasteiger partial charge in [-0.25, -0.2) is 8.78 Å². The number of hydrogen-bond donors (Lipinski definition) is 2. The number of rotatable bonds is 6. The lowest BCUT2D eigenvalue weighted by molar-refractivity contribution is -0.129. The summed E-state index contributed by atoms with van der Waals surface area (Å²) < 4.78 is 26.2. The van der Waals surface area contributed by atoms with Crippen molar-refractivity contribution in [2.45, 2.75) is 51.5 Å². The van der Waals surface area contributed by atoms with Crippen molar-refractivity contribution in [2.24, 2.45) is 5.92 Å². The Hall–Kier alpha value is -1.65. The third kappa shape index (κ3) is 4.97. The molecule has 2 rings (SSSR count). The predicted octanol–water partition coefficient (Wildman–Crippen LogP) is 3.95. The van der Waals surface area contributed by atoms with Crippen molar-refractivity contribution in [1.29, 1.82) is 0 Å². The molecule has 0 heterocycles. The van der Waals surface area contributed by atoms with Gasteiger partial charge in [-0.05, 0) is 37.0 Å². The smallest absolute Gasteiger partial charge is 0.248 e. The summed E-state index contributed by atoms with van der Waals surface area (Å²) in [6.45, 7) is 3.49. The largest absolute Gasteiger partial charge is 0.385 e. The Balaban J connectivity index is 1.76. The minimum absolute atomic E-state index is 0.108. The van der Waals surface area contributed by atoms with Gasteiger partial charge in [-0.15, -0.1) is 0 Å². The van der Waals surface area contributed by atoms with Crippen LogP contribution in [0.3, 0.4) is 0 Å². The lowest BCUT2D eigenvalue weighted by Gasteiger charge is -2.27. The molecule has 0 bridgehead atoms. The van der Waals surface area contributed by atoms with Crippen LogP contribution in [0.15, 0.2) is 24.3 Å². The normalized spacial score (nSPS) is 18.0. The predicted molar refractivity (Wildman–Crippen MR) is 84.0 cm³/mol. The highest BCUT2D eigenvalue weighted by Gasteiger charge is 2.37. The molecule has 0 aliphatic heterocycles. The van der Waals surface area contributed by atoms with Crippen LogP contribution in [0.4, 0.5) is 14.5 Å². The standard InChI is InChI=1S/C17H24F2N2O/c1-2-11-20-15-5-3-13(4-6-15)12-21-16(22)14-7-9-17(18,19)10-8-14/h3-6,14,20H,2,7-12H2,1H3,(H,21,22). The second-order valence-electron chi connectivity index (χ2n) is 5.97. The molecule has 1 amide bonds. The van der Waals surface area contributed by atoms with Gasteiger partial charge in [0.1, 0.15) is 0 Å². The molecule has 0 radical (unpaired) electrons. The zero-order chi connectivity index (χ0) is 16.0. The van der Waals surface area contributed by atoms with Crippen LogP contribution in [0.5, 0.6) is 0 Å². The third-order valence-electron chi connectivity index (χ3n) is 4.09. The molecule has 122 valence electrons. The van der Waals surface area contributed by atoms with E-state index in [1.165, 1.54) is 0 Å². The molecule has 0 atom stereocenters. The van der Waals surface area contributed by atoms with E-state index in [0.29, 0.717) is 6.54 Å². The summed E-state index contributed by atoms with van der Waals surface area (Å²) in [6.07, 6.45) is 1.27. The molecule has 5 heteroatoms. The van der Waals surface area contributed by atoms with Crippen LogP contribution in [0, 0.1) is 5.92 Å². The molecule has 1 aliphatic rings. The number of anilines is 1. The molecule has 22 heavy (non-hydrogen) atoms. The summed E-state index contributed by atoms with van der Waals surface area (Å²) in [7, 11) is 0. The topological polar surface area (TPSA) is 41.1 Å². The van der Waals surface area contributed by atoms with E-state index in [1.54, 1.807) is 0 Å². The fraction of sp³-hybridized carbons (Fsp3) is 0.588. The Morgan fingerprint density at radius 3 is 2.45 bits per heavy atom. The van der Waals surface area contributed by atoms with Crippen LogP contribution >= 0.6 is 0 Å². The Kier molecular flexibility index (Phi) is 5.75. The van der Waals surface area contributed by atoms with Crippen molar-refractivity contribution < 1.29 is 13.6 Å². The Labute approximate surface area is 130 Å². The summed E-state index contributed by atoms with van der Waals surface area (Å²) in [6, 6.07) is 7.90. The number of benzene rings is 1. The quantitative estimate of drug-likeness (QED) is 0.835. The van der Waals surface area contributed by atoms with E-state index in [1.807, 2.05) is 24.3 Å².